The molecule has 1 heterocycles. The first-order valence-electron chi connectivity index (χ1n) is 6.83. The van der Waals surface area contributed by atoms with E-state index in [4.69, 9.17) is 9.47 Å². The van der Waals surface area contributed by atoms with E-state index in [9.17, 15) is 4.79 Å². The summed E-state index contributed by atoms with van der Waals surface area (Å²) in [5.41, 5.74) is 0. The highest BCUT2D eigenvalue weighted by Crippen LogP contribution is 2.13. The molecule has 1 saturated heterocycles. The van der Waals surface area contributed by atoms with Crippen molar-refractivity contribution < 1.29 is 14.3 Å². The van der Waals surface area contributed by atoms with Crippen LogP contribution in [-0.2, 0) is 14.3 Å². The second kappa shape index (κ2) is 8.45. The number of amides is 1. The summed E-state index contributed by atoms with van der Waals surface area (Å²) in [4.78, 5) is 11.6. The van der Waals surface area contributed by atoms with E-state index in [0.717, 1.165) is 19.4 Å². The number of nitrogens with one attached hydrogen (secondary N) is 2. The van der Waals surface area contributed by atoms with E-state index in [1.54, 1.807) is 7.05 Å². The molecular weight excluding hydrogens is 232 g/mol. The summed E-state index contributed by atoms with van der Waals surface area (Å²) < 4.78 is 11.1. The summed E-state index contributed by atoms with van der Waals surface area (Å²) in [5.74, 6) is 0.287. The van der Waals surface area contributed by atoms with Gasteiger partial charge in [-0.15, -0.1) is 0 Å². The summed E-state index contributed by atoms with van der Waals surface area (Å²) in [6.07, 6.45) is 3.22. The molecule has 0 aliphatic carbocycles. The summed E-state index contributed by atoms with van der Waals surface area (Å²) in [5, 5.41) is 5.89. The predicted octanol–water partition coefficient (Wildman–Crippen LogP) is 0.890. The van der Waals surface area contributed by atoms with Crippen molar-refractivity contribution in [3.8, 4) is 0 Å². The zero-order chi connectivity index (χ0) is 13.4. The second-order valence-electron chi connectivity index (χ2n) is 4.96. The van der Waals surface area contributed by atoms with Crippen LogP contribution in [-0.4, -0.2) is 45.0 Å². The quantitative estimate of drug-likeness (QED) is 0.666. The Morgan fingerprint density at radius 1 is 1.44 bits per heavy atom. The molecule has 2 unspecified atom stereocenters. The molecule has 106 valence electrons. The Balaban J connectivity index is 2.16. The molecule has 1 aliphatic rings. The molecule has 0 aromatic carbocycles. The summed E-state index contributed by atoms with van der Waals surface area (Å²) in [6.45, 7) is 6.09. The van der Waals surface area contributed by atoms with Gasteiger partial charge in [0.2, 0.25) is 5.91 Å². The van der Waals surface area contributed by atoms with Crippen LogP contribution < -0.4 is 10.6 Å². The molecule has 0 bridgehead atoms. The van der Waals surface area contributed by atoms with Crippen LogP contribution in [0.4, 0.5) is 0 Å². The summed E-state index contributed by atoms with van der Waals surface area (Å²) >= 11 is 0. The fourth-order valence-corrected chi connectivity index (χ4v) is 2.03. The van der Waals surface area contributed by atoms with Gasteiger partial charge in [-0.3, -0.25) is 4.79 Å². The second-order valence-corrected chi connectivity index (χ2v) is 4.96. The minimum atomic E-state index is -0.161. The first kappa shape index (κ1) is 15.4. The van der Waals surface area contributed by atoms with Crippen LogP contribution in [0.1, 0.15) is 33.1 Å². The van der Waals surface area contributed by atoms with Gasteiger partial charge in [0, 0.05) is 20.2 Å². The van der Waals surface area contributed by atoms with E-state index in [0.29, 0.717) is 13.2 Å². The van der Waals surface area contributed by atoms with E-state index in [-0.39, 0.29) is 24.2 Å². The lowest BCUT2D eigenvalue weighted by molar-refractivity contribution is -0.161. The number of rotatable bonds is 7. The monoisotopic (exact) mass is 258 g/mol. The molecule has 0 aromatic heterocycles. The van der Waals surface area contributed by atoms with Crippen molar-refractivity contribution in [2.75, 3.05) is 26.8 Å². The zero-order valence-electron chi connectivity index (χ0n) is 11.7. The normalized spacial score (nSPS) is 21.9. The molecule has 1 rings (SSSR count). The minimum absolute atomic E-state index is 0.0268. The molecule has 1 amide bonds. The van der Waals surface area contributed by atoms with Gasteiger partial charge in [0.05, 0.1) is 12.6 Å². The van der Waals surface area contributed by atoms with Crippen molar-refractivity contribution in [1.29, 1.82) is 0 Å². The number of ether oxygens (including phenoxy) is 2. The predicted molar refractivity (Wildman–Crippen MR) is 70.2 cm³/mol. The Morgan fingerprint density at radius 3 is 2.78 bits per heavy atom. The van der Waals surface area contributed by atoms with Crippen LogP contribution in [0, 0.1) is 5.92 Å². The zero-order valence-corrected chi connectivity index (χ0v) is 11.7. The third-order valence-corrected chi connectivity index (χ3v) is 3.10. The van der Waals surface area contributed by atoms with Crippen molar-refractivity contribution in [1.82, 2.24) is 10.6 Å². The number of carbonyl (C=O) groups is 1. The maximum absolute atomic E-state index is 11.6. The van der Waals surface area contributed by atoms with E-state index >= 15 is 0 Å². The molecule has 0 radical (unpaired) electrons. The van der Waals surface area contributed by atoms with Gasteiger partial charge in [0.1, 0.15) is 0 Å². The van der Waals surface area contributed by atoms with Gasteiger partial charge in [-0.1, -0.05) is 13.8 Å². The van der Waals surface area contributed by atoms with Crippen LogP contribution in [0.15, 0.2) is 0 Å². The first-order chi connectivity index (χ1) is 8.65. The lowest BCUT2D eigenvalue weighted by atomic mass is 10.0. The number of hydrogen-bond donors (Lipinski definition) is 2. The number of likely N-dealkylation sites (N-methyl/N-ethyl adjacent to an activating group) is 1. The molecule has 1 fully saturated rings. The van der Waals surface area contributed by atoms with Crippen molar-refractivity contribution in [2.24, 2.45) is 5.92 Å². The Labute approximate surface area is 110 Å². The van der Waals surface area contributed by atoms with Crippen LogP contribution in [0.2, 0.25) is 0 Å². The molecule has 1 aliphatic heterocycles. The average Bonchev–Trinajstić information content (AvgIpc) is 2.38. The van der Waals surface area contributed by atoms with Gasteiger partial charge in [0.15, 0.2) is 6.29 Å². The molecule has 2 N–H and O–H groups in total. The van der Waals surface area contributed by atoms with Gasteiger partial charge >= 0.3 is 0 Å². The fraction of sp³-hybridized carbons (Fsp3) is 0.923. The highest BCUT2D eigenvalue weighted by molar-refractivity contribution is 5.81. The van der Waals surface area contributed by atoms with Crippen LogP contribution in [0.5, 0.6) is 0 Å². The Hall–Kier alpha value is -0.650. The lowest BCUT2D eigenvalue weighted by Crippen LogP contribution is -2.47. The maximum atomic E-state index is 11.6. The molecule has 2 atom stereocenters. The molecule has 18 heavy (non-hydrogen) atoms. The highest BCUT2D eigenvalue weighted by Gasteiger charge is 2.20. The molecule has 0 spiro atoms. The standard InChI is InChI=1S/C13H26N2O3/c1-10(2)12(13(16)14-3)15-7-9-18-11-6-4-5-8-17-11/h10-12,15H,4-9H2,1-3H3,(H,14,16). The van der Waals surface area contributed by atoms with E-state index < -0.39 is 0 Å². The SMILES string of the molecule is CNC(=O)C(NCCOC1CCCCO1)C(C)C. The van der Waals surface area contributed by atoms with Gasteiger partial charge in [-0.25, -0.2) is 0 Å². The lowest BCUT2D eigenvalue weighted by Gasteiger charge is -2.24. The fourth-order valence-electron chi connectivity index (χ4n) is 2.03. The highest BCUT2D eigenvalue weighted by atomic mass is 16.7. The molecule has 5 nitrogen and oxygen atoms in total. The van der Waals surface area contributed by atoms with Crippen LogP contribution in [0.3, 0.4) is 0 Å². The molecule has 0 saturated carbocycles. The third kappa shape index (κ3) is 5.33. The van der Waals surface area contributed by atoms with Crippen molar-refractivity contribution in [3.63, 3.8) is 0 Å². The summed E-state index contributed by atoms with van der Waals surface area (Å²) in [6, 6.07) is -0.161. The minimum Gasteiger partial charge on any atom is -0.358 e. The van der Waals surface area contributed by atoms with E-state index in [2.05, 4.69) is 10.6 Å². The Kier molecular flexibility index (Phi) is 7.23. The largest absolute Gasteiger partial charge is 0.358 e. The Morgan fingerprint density at radius 2 is 2.22 bits per heavy atom. The smallest absolute Gasteiger partial charge is 0.237 e. The van der Waals surface area contributed by atoms with Crippen molar-refractivity contribution >= 4 is 5.91 Å². The van der Waals surface area contributed by atoms with Crippen LogP contribution >= 0.6 is 0 Å². The Bertz CT molecular complexity index is 240. The van der Waals surface area contributed by atoms with E-state index in [1.165, 1.54) is 6.42 Å². The topological polar surface area (TPSA) is 59.6 Å². The van der Waals surface area contributed by atoms with Gasteiger partial charge < -0.3 is 20.1 Å². The van der Waals surface area contributed by atoms with Gasteiger partial charge in [0.25, 0.3) is 0 Å². The van der Waals surface area contributed by atoms with Crippen molar-refractivity contribution in [3.05, 3.63) is 0 Å². The average molecular weight is 258 g/mol. The van der Waals surface area contributed by atoms with Crippen molar-refractivity contribution in [2.45, 2.75) is 45.4 Å². The number of carbonyl (C=O) groups excluding carboxylic acids is 1. The third-order valence-electron chi connectivity index (χ3n) is 3.10. The molecule has 5 heteroatoms. The van der Waals surface area contributed by atoms with Gasteiger partial charge in [-0.2, -0.15) is 0 Å². The van der Waals surface area contributed by atoms with E-state index in [1.807, 2.05) is 13.8 Å². The van der Waals surface area contributed by atoms with Gasteiger partial charge in [-0.05, 0) is 25.2 Å². The van der Waals surface area contributed by atoms with Crippen LogP contribution in [0.25, 0.3) is 0 Å². The molecular formula is C13H26N2O3. The summed E-state index contributed by atoms with van der Waals surface area (Å²) in [7, 11) is 1.66. The first-order valence-corrected chi connectivity index (χ1v) is 6.83. The maximum Gasteiger partial charge on any atom is 0.237 e. The molecule has 0 aromatic rings. The number of hydrogen-bond acceptors (Lipinski definition) is 4.